The van der Waals surface area contributed by atoms with Gasteiger partial charge in [0.25, 0.3) is 0 Å². The number of aryl methyl sites for hydroxylation is 2. The van der Waals surface area contributed by atoms with Crippen LogP contribution >= 0.6 is 11.3 Å². The molecule has 154 valence electrons. The van der Waals surface area contributed by atoms with E-state index in [9.17, 15) is 5.11 Å². The Labute approximate surface area is 180 Å². The summed E-state index contributed by atoms with van der Waals surface area (Å²) in [6.07, 6.45) is 0. The van der Waals surface area contributed by atoms with Crippen molar-refractivity contribution in [2.24, 2.45) is 0 Å². The molecule has 0 amide bonds. The first-order valence-electron chi connectivity index (χ1n) is 10.3. The highest BCUT2D eigenvalue weighted by Crippen LogP contribution is 2.40. The molecule has 4 aromatic rings. The smallest absolute Gasteiger partial charge is 0.230 e. The number of aromatic hydroxyl groups is 1. The second-order valence-corrected chi connectivity index (χ2v) is 8.83. The van der Waals surface area contributed by atoms with E-state index in [2.05, 4.69) is 81.4 Å². The Morgan fingerprint density at radius 1 is 0.967 bits per heavy atom. The van der Waals surface area contributed by atoms with E-state index in [4.69, 9.17) is 0 Å². The van der Waals surface area contributed by atoms with Crippen molar-refractivity contribution in [2.75, 3.05) is 31.1 Å². The maximum Gasteiger partial charge on any atom is 0.230 e. The van der Waals surface area contributed by atoms with Crippen molar-refractivity contribution in [3.8, 4) is 5.88 Å². The molecule has 6 nitrogen and oxygen atoms in total. The number of rotatable bonds is 4. The Hall–Kier alpha value is -2.90. The summed E-state index contributed by atoms with van der Waals surface area (Å²) >= 11 is 1.53. The Morgan fingerprint density at radius 3 is 2.43 bits per heavy atom. The maximum atomic E-state index is 11.0. The number of piperazine rings is 1. The maximum absolute atomic E-state index is 11.0. The number of thiazole rings is 1. The van der Waals surface area contributed by atoms with Crippen molar-refractivity contribution in [1.29, 1.82) is 0 Å². The summed E-state index contributed by atoms with van der Waals surface area (Å²) < 4.78 is 1.57. The first kappa shape index (κ1) is 19.1. The van der Waals surface area contributed by atoms with Crippen LogP contribution in [0.15, 0.2) is 54.6 Å². The SMILES string of the molecule is Cc1cccc(C(c2sc3nc(C)nn3c2O)N2CCN(c3ccccc3)CC2)c1. The van der Waals surface area contributed by atoms with Gasteiger partial charge in [0.2, 0.25) is 10.8 Å². The van der Waals surface area contributed by atoms with Gasteiger partial charge in [-0.25, -0.2) is 4.98 Å². The molecule has 5 rings (SSSR count). The molecule has 1 aliphatic rings. The number of para-hydroxylation sites is 1. The fraction of sp³-hybridized carbons (Fsp3) is 0.304. The zero-order valence-electron chi connectivity index (χ0n) is 17.2. The first-order valence-corrected chi connectivity index (χ1v) is 11.1. The van der Waals surface area contributed by atoms with Crippen molar-refractivity contribution in [2.45, 2.75) is 19.9 Å². The van der Waals surface area contributed by atoms with Crippen LogP contribution in [-0.2, 0) is 0 Å². The van der Waals surface area contributed by atoms with Crippen LogP contribution in [-0.4, -0.2) is 50.8 Å². The number of fused-ring (bicyclic) bond motifs is 1. The molecule has 1 atom stereocenters. The lowest BCUT2D eigenvalue weighted by atomic mass is 10.0. The minimum absolute atomic E-state index is 0.0170. The molecular formula is C23H25N5OS. The quantitative estimate of drug-likeness (QED) is 0.541. The normalized spacial score (nSPS) is 16.3. The summed E-state index contributed by atoms with van der Waals surface area (Å²) in [7, 11) is 0. The third-order valence-electron chi connectivity index (χ3n) is 5.71. The fourth-order valence-corrected chi connectivity index (χ4v) is 5.43. The summed E-state index contributed by atoms with van der Waals surface area (Å²) in [6, 6.07) is 19.1. The van der Waals surface area contributed by atoms with E-state index in [1.165, 1.54) is 28.2 Å². The van der Waals surface area contributed by atoms with E-state index >= 15 is 0 Å². The fourth-order valence-electron chi connectivity index (χ4n) is 4.27. The number of hydrogen-bond acceptors (Lipinski definition) is 6. The Bertz CT molecular complexity index is 1160. The molecule has 1 aliphatic heterocycles. The van der Waals surface area contributed by atoms with Crippen LogP contribution in [0.3, 0.4) is 0 Å². The van der Waals surface area contributed by atoms with Gasteiger partial charge in [-0.3, -0.25) is 4.90 Å². The van der Waals surface area contributed by atoms with E-state index in [0.29, 0.717) is 5.82 Å². The van der Waals surface area contributed by atoms with E-state index < -0.39 is 0 Å². The van der Waals surface area contributed by atoms with Crippen LogP contribution in [0.2, 0.25) is 0 Å². The van der Waals surface area contributed by atoms with Gasteiger partial charge in [-0.15, -0.1) is 5.10 Å². The predicted octanol–water partition coefficient (Wildman–Crippen LogP) is 4.02. The Kier molecular flexibility index (Phi) is 4.92. The molecule has 3 heterocycles. The predicted molar refractivity (Wildman–Crippen MR) is 121 cm³/mol. The average molecular weight is 420 g/mol. The summed E-state index contributed by atoms with van der Waals surface area (Å²) in [5.74, 6) is 0.874. The van der Waals surface area contributed by atoms with Crippen molar-refractivity contribution in [3.63, 3.8) is 0 Å². The van der Waals surface area contributed by atoms with Crippen molar-refractivity contribution >= 4 is 22.0 Å². The zero-order chi connectivity index (χ0) is 20.7. The van der Waals surface area contributed by atoms with Gasteiger partial charge in [0.1, 0.15) is 5.82 Å². The molecule has 1 fully saturated rings. The van der Waals surface area contributed by atoms with Gasteiger partial charge in [0.15, 0.2) is 0 Å². The molecule has 30 heavy (non-hydrogen) atoms. The van der Waals surface area contributed by atoms with Crippen LogP contribution in [0.4, 0.5) is 5.69 Å². The van der Waals surface area contributed by atoms with Gasteiger partial charge in [-0.1, -0.05) is 59.4 Å². The minimum Gasteiger partial charge on any atom is -0.492 e. The number of hydrogen-bond donors (Lipinski definition) is 1. The van der Waals surface area contributed by atoms with Gasteiger partial charge in [0, 0.05) is 31.9 Å². The van der Waals surface area contributed by atoms with Gasteiger partial charge < -0.3 is 10.0 Å². The summed E-state index contributed by atoms with van der Waals surface area (Å²) in [4.78, 5) is 11.0. The molecule has 0 saturated carbocycles. The van der Waals surface area contributed by atoms with Gasteiger partial charge in [-0.05, 0) is 31.5 Å². The summed E-state index contributed by atoms with van der Waals surface area (Å²) in [5.41, 5.74) is 3.68. The van der Waals surface area contributed by atoms with Crippen molar-refractivity contribution in [1.82, 2.24) is 19.5 Å². The lowest BCUT2D eigenvalue weighted by Gasteiger charge is -2.40. The lowest BCUT2D eigenvalue weighted by molar-refractivity contribution is 0.211. The van der Waals surface area contributed by atoms with Crippen LogP contribution in [0.1, 0.15) is 27.9 Å². The molecule has 2 aromatic heterocycles. The van der Waals surface area contributed by atoms with Crippen molar-refractivity contribution < 1.29 is 5.11 Å². The Morgan fingerprint density at radius 2 is 1.73 bits per heavy atom. The van der Waals surface area contributed by atoms with Gasteiger partial charge in [-0.2, -0.15) is 4.52 Å². The van der Waals surface area contributed by atoms with E-state index in [-0.39, 0.29) is 11.9 Å². The van der Waals surface area contributed by atoms with E-state index in [1.54, 1.807) is 4.52 Å². The molecule has 0 spiro atoms. The molecule has 7 heteroatoms. The van der Waals surface area contributed by atoms with Crippen molar-refractivity contribution in [3.05, 3.63) is 76.4 Å². The third-order valence-corrected chi connectivity index (χ3v) is 6.79. The molecular weight excluding hydrogens is 394 g/mol. The highest BCUT2D eigenvalue weighted by molar-refractivity contribution is 7.17. The second-order valence-electron chi connectivity index (χ2n) is 7.82. The van der Waals surface area contributed by atoms with Crippen LogP contribution in [0.25, 0.3) is 4.96 Å². The van der Waals surface area contributed by atoms with Gasteiger partial charge in [0.05, 0.1) is 10.9 Å². The molecule has 1 saturated heterocycles. The lowest BCUT2D eigenvalue weighted by Crippen LogP contribution is -2.47. The summed E-state index contributed by atoms with van der Waals surface area (Å²) in [5, 5.41) is 15.4. The third kappa shape index (κ3) is 3.44. The highest BCUT2D eigenvalue weighted by atomic mass is 32.1. The largest absolute Gasteiger partial charge is 0.492 e. The number of aromatic nitrogens is 3. The first-order chi connectivity index (χ1) is 14.6. The number of benzene rings is 2. The molecule has 2 aromatic carbocycles. The van der Waals surface area contributed by atoms with Crippen LogP contribution in [0, 0.1) is 13.8 Å². The van der Waals surface area contributed by atoms with Crippen LogP contribution in [0.5, 0.6) is 5.88 Å². The van der Waals surface area contributed by atoms with Gasteiger partial charge >= 0.3 is 0 Å². The molecule has 0 radical (unpaired) electrons. The number of anilines is 1. The molecule has 0 bridgehead atoms. The number of nitrogens with zero attached hydrogens (tertiary/aromatic N) is 5. The topological polar surface area (TPSA) is 56.9 Å². The highest BCUT2D eigenvalue weighted by Gasteiger charge is 2.31. The molecule has 0 aliphatic carbocycles. The van der Waals surface area contributed by atoms with Crippen LogP contribution < -0.4 is 4.90 Å². The van der Waals surface area contributed by atoms with E-state index in [1.807, 2.05) is 6.92 Å². The Balaban J connectivity index is 1.49. The second kappa shape index (κ2) is 7.74. The average Bonchev–Trinajstić information content (AvgIpc) is 3.27. The standard InChI is InChI=1S/C23H25N5OS/c1-16-7-6-8-18(15-16)20(21-22(29)28-23(30-21)24-17(2)25-28)27-13-11-26(12-14-27)19-9-4-3-5-10-19/h3-10,15,20,29H,11-14H2,1-2H3. The minimum atomic E-state index is -0.0170. The molecule has 1 N–H and O–H groups in total. The zero-order valence-corrected chi connectivity index (χ0v) is 18.0. The molecule has 1 unspecified atom stereocenters. The van der Waals surface area contributed by atoms with E-state index in [0.717, 1.165) is 36.0 Å². The summed E-state index contributed by atoms with van der Waals surface area (Å²) in [6.45, 7) is 7.69. The monoisotopic (exact) mass is 419 g/mol.